The maximum absolute atomic E-state index is 13.0. The lowest BCUT2D eigenvalue weighted by Crippen LogP contribution is -2.23. The van der Waals surface area contributed by atoms with Crippen LogP contribution in [0.3, 0.4) is 0 Å². The normalized spacial score (nSPS) is 12.5. The summed E-state index contributed by atoms with van der Waals surface area (Å²) in [6.45, 7) is 7.47. The van der Waals surface area contributed by atoms with Gasteiger partial charge in [-0.15, -0.1) is 0 Å². The van der Waals surface area contributed by atoms with Crippen LogP contribution in [0.25, 0.3) is 10.9 Å². The first-order valence-corrected chi connectivity index (χ1v) is 10.3. The zero-order chi connectivity index (χ0) is 23.6. The highest BCUT2D eigenvalue weighted by molar-refractivity contribution is 5.94. The van der Waals surface area contributed by atoms with Gasteiger partial charge in [0.05, 0.1) is 16.9 Å². The summed E-state index contributed by atoms with van der Waals surface area (Å²) in [6, 6.07) is 9.03. The van der Waals surface area contributed by atoms with E-state index in [1.807, 2.05) is 0 Å². The molecule has 0 radical (unpaired) electrons. The number of non-ortho nitro benzene ring substituents is 1. The Hall–Kier alpha value is -3.68. The number of hydrogen-bond donors (Lipinski definition) is 2. The number of rotatable bonds is 7. The maximum atomic E-state index is 13.0. The molecule has 32 heavy (non-hydrogen) atoms. The summed E-state index contributed by atoms with van der Waals surface area (Å²) in [5.74, 6) is -0.856. The third-order valence-electron chi connectivity index (χ3n) is 5.36. The predicted octanol–water partition coefficient (Wildman–Crippen LogP) is 5.09. The molecule has 0 bridgehead atoms. The molecule has 8 heteroatoms. The van der Waals surface area contributed by atoms with Crippen molar-refractivity contribution in [3.8, 4) is 17.2 Å². The quantitative estimate of drug-likeness (QED) is 0.389. The molecule has 3 aromatic rings. The number of phenols is 2. The fourth-order valence-corrected chi connectivity index (χ4v) is 3.57. The van der Waals surface area contributed by atoms with Crippen molar-refractivity contribution in [3.05, 3.63) is 63.8 Å². The van der Waals surface area contributed by atoms with E-state index >= 15 is 0 Å². The number of aromatic nitrogens is 1. The van der Waals surface area contributed by atoms with Crippen molar-refractivity contribution in [2.75, 3.05) is 6.61 Å². The third kappa shape index (κ3) is 4.49. The van der Waals surface area contributed by atoms with E-state index in [4.69, 9.17) is 4.74 Å². The van der Waals surface area contributed by atoms with Gasteiger partial charge in [0.15, 0.2) is 11.5 Å². The van der Waals surface area contributed by atoms with Crippen molar-refractivity contribution in [1.29, 1.82) is 0 Å². The van der Waals surface area contributed by atoms with E-state index in [-0.39, 0.29) is 51.6 Å². The van der Waals surface area contributed by atoms with Crippen molar-refractivity contribution in [3.63, 3.8) is 0 Å². The monoisotopic (exact) mass is 438 g/mol. The lowest BCUT2D eigenvalue weighted by atomic mass is 9.79. The lowest BCUT2D eigenvalue weighted by Gasteiger charge is -2.24. The smallest absolute Gasteiger partial charge is 0.279 e. The van der Waals surface area contributed by atoms with Gasteiger partial charge >= 0.3 is 0 Å². The Morgan fingerprint density at radius 2 is 1.94 bits per heavy atom. The Kier molecular flexibility index (Phi) is 6.34. The Morgan fingerprint density at radius 3 is 2.56 bits per heavy atom. The molecular weight excluding hydrogens is 412 g/mol. The average molecular weight is 438 g/mol. The van der Waals surface area contributed by atoms with Crippen molar-refractivity contribution >= 4 is 22.4 Å². The minimum Gasteiger partial charge on any atom is -0.505 e. The molecule has 2 aromatic carbocycles. The van der Waals surface area contributed by atoms with Gasteiger partial charge in [0.25, 0.3) is 5.69 Å². The fourth-order valence-electron chi connectivity index (χ4n) is 3.57. The molecule has 0 aliphatic heterocycles. The van der Waals surface area contributed by atoms with Gasteiger partial charge in [0, 0.05) is 35.6 Å². The number of Topliss-reactive ketones (excluding diaryl/α,β-unsaturated/α-hetero) is 1. The standard InChI is InChI=1S/C24H26N2O6/c1-5-32-20-11-14(8-9-19(20)27)16(13-21(28)24(2,3)4)17-12-18(26(30)31)15-7-6-10-25-22(15)23(17)29/h6-12,16,27,29H,5,13H2,1-4H3. The number of hydrogen-bond acceptors (Lipinski definition) is 7. The highest BCUT2D eigenvalue weighted by Gasteiger charge is 2.31. The summed E-state index contributed by atoms with van der Waals surface area (Å²) in [6.07, 6.45) is 1.43. The predicted molar refractivity (Wildman–Crippen MR) is 120 cm³/mol. The lowest BCUT2D eigenvalue weighted by molar-refractivity contribution is -0.383. The van der Waals surface area contributed by atoms with Gasteiger partial charge in [0.2, 0.25) is 0 Å². The van der Waals surface area contributed by atoms with Gasteiger partial charge in [-0.3, -0.25) is 19.9 Å². The Morgan fingerprint density at radius 1 is 1.22 bits per heavy atom. The Balaban J connectivity index is 2.28. The molecule has 0 aliphatic carbocycles. The first kappa shape index (κ1) is 23.0. The number of nitrogens with zero attached hydrogens (tertiary/aromatic N) is 2. The summed E-state index contributed by atoms with van der Waals surface area (Å²) < 4.78 is 5.48. The number of nitro groups is 1. The van der Waals surface area contributed by atoms with Gasteiger partial charge < -0.3 is 14.9 Å². The third-order valence-corrected chi connectivity index (χ3v) is 5.36. The summed E-state index contributed by atoms with van der Waals surface area (Å²) in [5.41, 5.74) is 0.0122. The molecule has 1 aromatic heterocycles. The van der Waals surface area contributed by atoms with Gasteiger partial charge in [-0.1, -0.05) is 26.8 Å². The summed E-state index contributed by atoms with van der Waals surface area (Å²) in [5, 5.41) is 33.1. The molecule has 3 rings (SSSR count). The van der Waals surface area contributed by atoms with E-state index in [2.05, 4.69) is 4.98 Å². The van der Waals surface area contributed by atoms with Crippen molar-refractivity contribution in [2.24, 2.45) is 5.41 Å². The van der Waals surface area contributed by atoms with Crippen LogP contribution in [0.15, 0.2) is 42.6 Å². The number of phenolic OH excluding ortho intramolecular Hbond substituents is 2. The highest BCUT2D eigenvalue weighted by atomic mass is 16.6. The second kappa shape index (κ2) is 8.82. The average Bonchev–Trinajstić information content (AvgIpc) is 2.73. The molecule has 1 atom stereocenters. The number of aromatic hydroxyl groups is 2. The van der Waals surface area contributed by atoms with Crippen LogP contribution < -0.4 is 4.74 Å². The van der Waals surface area contributed by atoms with Crippen LogP contribution in [0.5, 0.6) is 17.2 Å². The van der Waals surface area contributed by atoms with E-state index in [9.17, 15) is 25.1 Å². The van der Waals surface area contributed by atoms with Crippen LogP contribution in [-0.4, -0.2) is 32.5 Å². The van der Waals surface area contributed by atoms with Crippen LogP contribution in [0.2, 0.25) is 0 Å². The molecule has 1 unspecified atom stereocenters. The van der Waals surface area contributed by atoms with Crippen molar-refractivity contribution in [2.45, 2.75) is 40.0 Å². The molecule has 0 amide bonds. The van der Waals surface area contributed by atoms with E-state index in [1.54, 1.807) is 45.9 Å². The molecule has 0 spiro atoms. The van der Waals surface area contributed by atoms with Gasteiger partial charge in [-0.05, 0) is 36.8 Å². The number of fused-ring (bicyclic) bond motifs is 1. The summed E-state index contributed by atoms with van der Waals surface area (Å²) in [4.78, 5) is 28.4. The molecule has 2 N–H and O–H groups in total. The zero-order valence-electron chi connectivity index (χ0n) is 18.5. The molecular formula is C24H26N2O6. The van der Waals surface area contributed by atoms with Crippen LogP contribution in [0, 0.1) is 15.5 Å². The highest BCUT2D eigenvalue weighted by Crippen LogP contribution is 2.44. The molecule has 1 heterocycles. The SMILES string of the molecule is CCOc1cc(C(CC(=O)C(C)(C)C)c2cc([N+](=O)[O-])c3cccnc3c2O)ccc1O. The number of carbonyl (C=O) groups excluding carboxylic acids is 1. The number of carbonyl (C=O) groups is 1. The first-order valence-electron chi connectivity index (χ1n) is 10.3. The van der Waals surface area contributed by atoms with Crippen LogP contribution in [0.1, 0.15) is 51.2 Å². The largest absolute Gasteiger partial charge is 0.505 e. The molecule has 168 valence electrons. The van der Waals surface area contributed by atoms with Gasteiger partial charge in [-0.2, -0.15) is 0 Å². The zero-order valence-corrected chi connectivity index (χ0v) is 18.5. The fraction of sp³-hybridized carbons (Fsp3) is 0.333. The first-order chi connectivity index (χ1) is 15.0. The van der Waals surface area contributed by atoms with Gasteiger partial charge in [-0.25, -0.2) is 0 Å². The Bertz CT molecular complexity index is 1180. The number of pyridine rings is 1. The number of ketones is 1. The molecule has 0 aliphatic rings. The summed E-state index contributed by atoms with van der Waals surface area (Å²) >= 11 is 0. The van der Waals surface area contributed by atoms with Crippen LogP contribution >= 0.6 is 0 Å². The van der Waals surface area contributed by atoms with E-state index in [0.717, 1.165) is 0 Å². The number of nitro benzene ring substituents is 1. The molecule has 0 fully saturated rings. The minimum absolute atomic E-state index is 0.0110. The summed E-state index contributed by atoms with van der Waals surface area (Å²) in [7, 11) is 0. The molecule has 0 saturated carbocycles. The number of benzene rings is 2. The second-order valence-electron chi connectivity index (χ2n) is 8.58. The Labute approximate surface area is 185 Å². The number of ether oxygens (including phenoxy) is 1. The minimum atomic E-state index is -0.716. The van der Waals surface area contributed by atoms with Crippen LogP contribution in [0.4, 0.5) is 5.69 Å². The van der Waals surface area contributed by atoms with E-state index < -0.39 is 16.3 Å². The van der Waals surface area contributed by atoms with Crippen LogP contribution in [-0.2, 0) is 4.79 Å². The topological polar surface area (TPSA) is 123 Å². The van der Waals surface area contributed by atoms with Crippen molar-refractivity contribution in [1.82, 2.24) is 4.98 Å². The maximum Gasteiger partial charge on any atom is 0.279 e. The van der Waals surface area contributed by atoms with E-state index in [0.29, 0.717) is 12.2 Å². The molecule has 8 nitrogen and oxygen atoms in total. The second-order valence-corrected chi connectivity index (χ2v) is 8.58. The van der Waals surface area contributed by atoms with E-state index in [1.165, 1.54) is 24.4 Å². The molecule has 0 saturated heterocycles. The van der Waals surface area contributed by atoms with Gasteiger partial charge in [0.1, 0.15) is 17.0 Å². The van der Waals surface area contributed by atoms with Crippen molar-refractivity contribution < 1.29 is 24.7 Å².